The highest BCUT2D eigenvalue weighted by Crippen LogP contribution is 2.40. The molecule has 1 saturated heterocycles. The fourth-order valence-electron chi connectivity index (χ4n) is 2.61. The predicted molar refractivity (Wildman–Crippen MR) is 67.7 cm³/mol. The second-order valence-electron chi connectivity index (χ2n) is 5.33. The molecule has 4 heteroatoms. The molecule has 1 fully saturated rings. The summed E-state index contributed by atoms with van der Waals surface area (Å²) in [4.78, 5) is 0. The number of hydrogen-bond acceptors (Lipinski definition) is 3. The maximum absolute atomic E-state index is 13.7. The first-order valence-electron chi connectivity index (χ1n) is 6.24. The van der Waals surface area contributed by atoms with Gasteiger partial charge in [0.2, 0.25) is 0 Å². The summed E-state index contributed by atoms with van der Waals surface area (Å²) in [6.07, 6.45) is 0.963. The summed E-state index contributed by atoms with van der Waals surface area (Å²) >= 11 is 0. The van der Waals surface area contributed by atoms with Gasteiger partial charge in [0, 0.05) is 25.0 Å². The van der Waals surface area contributed by atoms with E-state index in [0.29, 0.717) is 31.7 Å². The van der Waals surface area contributed by atoms with Crippen molar-refractivity contribution in [1.29, 1.82) is 0 Å². The molecular weight excluding hydrogens is 233 g/mol. The van der Waals surface area contributed by atoms with E-state index in [4.69, 9.17) is 10.5 Å². The van der Waals surface area contributed by atoms with Crippen LogP contribution >= 0.6 is 0 Å². The van der Waals surface area contributed by atoms with Crippen LogP contribution in [0.5, 0.6) is 0 Å². The standard InChI is InChI=1S/C14H20FNO2/c1-13(17,14(9-16)6-7-18-10-14)8-11-4-2-3-5-12(11)15/h2-5,17H,6-10,16H2,1H3. The van der Waals surface area contributed by atoms with Crippen LogP contribution in [0.15, 0.2) is 24.3 Å². The highest BCUT2D eigenvalue weighted by molar-refractivity contribution is 5.21. The van der Waals surface area contributed by atoms with Crippen LogP contribution in [0, 0.1) is 11.2 Å². The number of ether oxygens (including phenoxy) is 1. The van der Waals surface area contributed by atoms with E-state index in [2.05, 4.69) is 0 Å². The number of rotatable bonds is 4. The Labute approximate surface area is 107 Å². The molecule has 0 aliphatic carbocycles. The van der Waals surface area contributed by atoms with Gasteiger partial charge in [-0.2, -0.15) is 0 Å². The molecule has 0 spiro atoms. The number of halogens is 1. The molecule has 2 rings (SSSR count). The molecule has 0 radical (unpaired) electrons. The van der Waals surface area contributed by atoms with Crippen molar-refractivity contribution < 1.29 is 14.2 Å². The average Bonchev–Trinajstić information content (AvgIpc) is 2.82. The molecule has 0 aromatic heterocycles. The summed E-state index contributed by atoms with van der Waals surface area (Å²) in [5, 5.41) is 10.7. The van der Waals surface area contributed by atoms with Crippen LogP contribution < -0.4 is 5.73 Å². The van der Waals surface area contributed by atoms with Gasteiger partial charge in [0.1, 0.15) is 5.82 Å². The molecule has 1 heterocycles. The average molecular weight is 253 g/mol. The van der Waals surface area contributed by atoms with E-state index in [-0.39, 0.29) is 12.2 Å². The zero-order valence-corrected chi connectivity index (χ0v) is 10.7. The van der Waals surface area contributed by atoms with Crippen LogP contribution in [0.3, 0.4) is 0 Å². The first kappa shape index (κ1) is 13.5. The van der Waals surface area contributed by atoms with Crippen molar-refractivity contribution in [3.63, 3.8) is 0 Å². The summed E-state index contributed by atoms with van der Waals surface area (Å²) in [5.74, 6) is -0.288. The quantitative estimate of drug-likeness (QED) is 0.854. The zero-order valence-electron chi connectivity index (χ0n) is 10.7. The SMILES string of the molecule is CC(O)(Cc1ccccc1F)C1(CN)CCOC1. The molecule has 3 nitrogen and oxygen atoms in total. The lowest BCUT2D eigenvalue weighted by Gasteiger charge is -2.41. The fraction of sp³-hybridized carbons (Fsp3) is 0.571. The Kier molecular flexibility index (Phi) is 3.71. The number of aliphatic hydroxyl groups is 1. The van der Waals surface area contributed by atoms with Crippen LogP contribution in [-0.2, 0) is 11.2 Å². The third-order valence-corrected chi connectivity index (χ3v) is 4.13. The van der Waals surface area contributed by atoms with E-state index < -0.39 is 11.0 Å². The second-order valence-corrected chi connectivity index (χ2v) is 5.33. The van der Waals surface area contributed by atoms with E-state index in [1.807, 2.05) is 0 Å². The van der Waals surface area contributed by atoms with Crippen molar-refractivity contribution in [2.75, 3.05) is 19.8 Å². The van der Waals surface area contributed by atoms with Crippen LogP contribution in [0.4, 0.5) is 4.39 Å². The smallest absolute Gasteiger partial charge is 0.126 e. The summed E-state index contributed by atoms with van der Waals surface area (Å²) in [6, 6.07) is 6.52. The third kappa shape index (κ3) is 2.28. The topological polar surface area (TPSA) is 55.5 Å². The largest absolute Gasteiger partial charge is 0.389 e. The van der Waals surface area contributed by atoms with Crippen molar-refractivity contribution in [1.82, 2.24) is 0 Å². The highest BCUT2D eigenvalue weighted by atomic mass is 19.1. The number of nitrogens with two attached hydrogens (primary N) is 1. The van der Waals surface area contributed by atoms with Gasteiger partial charge in [-0.3, -0.25) is 0 Å². The first-order valence-corrected chi connectivity index (χ1v) is 6.24. The van der Waals surface area contributed by atoms with Crippen molar-refractivity contribution in [3.8, 4) is 0 Å². The Hall–Kier alpha value is -0.970. The summed E-state index contributed by atoms with van der Waals surface area (Å²) in [6.45, 7) is 3.10. The Morgan fingerprint density at radius 2 is 2.22 bits per heavy atom. The highest BCUT2D eigenvalue weighted by Gasteiger charge is 2.48. The van der Waals surface area contributed by atoms with Crippen molar-refractivity contribution in [2.45, 2.75) is 25.4 Å². The lowest BCUT2D eigenvalue weighted by Crippen LogP contribution is -2.52. The maximum Gasteiger partial charge on any atom is 0.126 e. The van der Waals surface area contributed by atoms with Crippen LogP contribution in [-0.4, -0.2) is 30.5 Å². The van der Waals surface area contributed by atoms with Crippen LogP contribution in [0.2, 0.25) is 0 Å². The molecular formula is C14H20FNO2. The predicted octanol–water partition coefficient (Wildman–Crippen LogP) is 1.48. The fourth-order valence-corrected chi connectivity index (χ4v) is 2.61. The lowest BCUT2D eigenvalue weighted by atomic mass is 9.69. The van der Waals surface area contributed by atoms with Gasteiger partial charge in [-0.15, -0.1) is 0 Å². The molecule has 1 aliphatic heterocycles. The Morgan fingerprint density at radius 3 is 2.78 bits per heavy atom. The monoisotopic (exact) mass is 253 g/mol. The van der Waals surface area contributed by atoms with Gasteiger partial charge in [0.25, 0.3) is 0 Å². The van der Waals surface area contributed by atoms with Gasteiger partial charge < -0.3 is 15.6 Å². The third-order valence-electron chi connectivity index (χ3n) is 4.13. The Balaban J connectivity index is 2.23. The summed E-state index contributed by atoms with van der Waals surface area (Å²) in [7, 11) is 0. The molecule has 18 heavy (non-hydrogen) atoms. The van der Waals surface area contributed by atoms with E-state index in [0.717, 1.165) is 0 Å². The molecule has 0 bridgehead atoms. The molecule has 1 aliphatic rings. The van der Waals surface area contributed by atoms with Crippen molar-refractivity contribution in [3.05, 3.63) is 35.6 Å². The number of hydrogen-bond donors (Lipinski definition) is 2. The van der Waals surface area contributed by atoms with E-state index in [9.17, 15) is 9.50 Å². The summed E-state index contributed by atoms with van der Waals surface area (Å²) in [5.41, 5.74) is 4.78. The molecule has 100 valence electrons. The molecule has 0 saturated carbocycles. The van der Waals surface area contributed by atoms with E-state index >= 15 is 0 Å². The van der Waals surface area contributed by atoms with Crippen molar-refractivity contribution in [2.24, 2.45) is 11.1 Å². The minimum atomic E-state index is -1.07. The Morgan fingerprint density at radius 1 is 1.50 bits per heavy atom. The van der Waals surface area contributed by atoms with Gasteiger partial charge >= 0.3 is 0 Å². The zero-order chi connectivity index (χ0) is 13.2. The van der Waals surface area contributed by atoms with Crippen LogP contribution in [0.1, 0.15) is 18.9 Å². The first-order chi connectivity index (χ1) is 8.51. The summed E-state index contributed by atoms with van der Waals surface area (Å²) < 4.78 is 19.0. The van der Waals surface area contributed by atoms with Gasteiger partial charge in [0.15, 0.2) is 0 Å². The van der Waals surface area contributed by atoms with Gasteiger partial charge in [-0.25, -0.2) is 4.39 Å². The Bertz CT molecular complexity index is 414. The van der Waals surface area contributed by atoms with Crippen molar-refractivity contribution >= 4 is 0 Å². The molecule has 2 atom stereocenters. The molecule has 3 N–H and O–H groups in total. The van der Waals surface area contributed by atoms with E-state index in [1.165, 1.54) is 6.07 Å². The minimum absolute atomic E-state index is 0.250. The molecule has 2 unspecified atom stereocenters. The normalized spacial score (nSPS) is 27.1. The van der Waals surface area contributed by atoms with Gasteiger partial charge in [0.05, 0.1) is 12.2 Å². The molecule has 1 aromatic rings. The minimum Gasteiger partial charge on any atom is -0.389 e. The molecule has 0 amide bonds. The van der Waals surface area contributed by atoms with Gasteiger partial charge in [-0.05, 0) is 25.0 Å². The van der Waals surface area contributed by atoms with Crippen LogP contribution in [0.25, 0.3) is 0 Å². The lowest BCUT2D eigenvalue weighted by molar-refractivity contribution is -0.0685. The van der Waals surface area contributed by atoms with Gasteiger partial charge in [-0.1, -0.05) is 18.2 Å². The number of benzene rings is 1. The molecule has 1 aromatic carbocycles. The maximum atomic E-state index is 13.7. The second kappa shape index (κ2) is 4.96. The van der Waals surface area contributed by atoms with E-state index in [1.54, 1.807) is 25.1 Å².